The molecular formula is C22H27N3O. The summed E-state index contributed by atoms with van der Waals surface area (Å²) < 4.78 is 0. The van der Waals surface area contributed by atoms with Crippen LogP contribution in [0.1, 0.15) is 60.5 Å². The van der Waals surface area contributed by atoms with Crippen molar-refractivity contribution in [1.29, 1.82) is 0 Å². The molecule has 0 saturated carbocycles. The lowest BCUT2D eigenvalue weighted by Crippen LogP contribution is -2.38. The van der Waals surface area contributed by atoms with Gasteiger partial charge in [0.05, 0.1) is 6.04 Å². The minimum absolute atomic E-state index is 0.135. The molecule has 1 aromatic carbocycles. The van der Waals surface area contributed by atoms with Crippen LogP contribution in [0.25, 0.3) is 0 Å². The number of carbonyl (C=O) groups excluding carboxylic acids is 1. The van der Waals surface area contributed by atoms with E-state index in [2.05, 4.69) is 17.0 Å². The first-order valence-corrected chi connectivity index (χ1v) is 9.90. The van der Waals surface area contributed by atoms with E-state index in [1.165, 1.54) is 19.3 Å². The predicted molar refractivity (Wildman–Crippen MR) is 104 cm³/mol. The Hall–Kier alpha value is -2.36. The minimum atomic E-state index is 0.135. The molecule has 136 valence electrons. The van der Waals surface area contributed by atoms with Gasteiger partial charge in [-0.25, -0.2) is 4.98 Å². The Labute approximate surface area is 155 Å². The Bertz CT molecular complexity index is 723. The summed E-state index contributed by atoms with van der Waals surface area (Å²) in [5.41, 5.74) is 1.94. The highest BCUT2D eigenvalue weighted by molar-refractivity contribution is 5.94. The summed E-state index contributed by atoms with van der Waals surface area (Å²) >= 11 is 0. The average molecular weight is 349 g/mol. The van der Waals surface area contributed by atoms with Gasteiger partial charge in [0.1, 0.15) is 5.82 Å². The van der Waals surface area contributed by atoms with Crippen molar-refractivity contribution in [2.45, 2.75) is 44.6 Å². The number of hydrogen-bond donors (Lipinski definition) is 0. The molecular weight excluding hydrogens is 322 g/mol. The van der Waals surface area contributed by atoms with Crippen LogP contribution >= 0.6 is 0 Å². The normalized spacial score (nSPS) is 20.8. The number of anilines is 1. The quantitative estimate of drug-likeness (QED) is 0.822. The molecule has 2 aromatic rings. The zero-order chi connectivity index (χ0) is 17.8. The standard InChI is InChI=1S/C22H27N3O/c26-22(18-9-3-1-4-10-18)25-16-8-5-11-20(25)19-12-13-21(23-17-19)24-14-6-2-7-15-24/h1,3-4,9-10,12-13,17,20H,2,5-8,11,14-16H2/t20-/m0/s1. The van der Waals surface area contributed by atoms with Gasteiger partial charge in [0.25, 0.3) is 5.91 Å². The van der Waals surface area contributed by atoms with Crippen molar-refractivity contribution in [3.63, 3.8) is 0 Å². The number of amides is 1. The lowest BCUT2D eigenvalue weighted by atomic mass is 9.95. The average Bonchev–Trinajstić information content (AvgIpc) is 2.75. The van der Waals surface area contributed by atoms with Gasteiger partial charge in [-0.3, -0.25) is 4.79 Å². The van der Waals surface area contributed by atoms with E-state index < -0.39 is 0 Å². The smallest absolute Gasteiger partial charge is 0.254 e. The highest BCUT2D eigenvalue weighted by Crippen LogP contribution is 2.32. The lowest BCUT2D eigenvalue weighted by molar-refractivity contribution is 0.0611. The molecule has 3 heterocycles. The third-order valence-corrected chi connectivity index (χ3v) is 5.62. The Kier molecular flexibility index (Phi) is 5.19. The van der Waals surface area contributed by atoms with Crippen molar-refractivity contribution >= 4 is 11.7 Å². The maximum atomic E-state index is 13.0. The lowest BCUT2D eigenvalue weighted by Gasteiger charge is -2.36. The van der Waals surface area contributed by atoms with Gasteiger partial charge in [0.2, 0.25) is 0 Å². The molecule has 1 amide bonds. The topological polar surface area (TPSA) is 36.4 Å². The fourth-order valence-electron chi connectivity index (χ4n) is 4.17. The van der Waals surface area contributed by atoms with Crippen molar-refractivity contribution in [3.05, 3.63) is 59.8 Å². The molecule has 2 aliphatic rings. The molecule has 0 aliphatic carbocycles. The minimum Gasteiger partial charge on any atom is -0.357 e. The second-order valence-electron chi connectivity index (χ2n) is 7.37. The molecule has 0 bridgehead atoms. The van der Waals surface area contributed by atoms with Crippen LogP contribution in [0.2, 0.25) is 0 Å². The summed E-state index contributed by atoms with van der Waals surface area (Å²) in [4.78, 5) is 22.1. The number of carbonyl (C=O) groups is 1. The van der Waals surface area contributed by atoms with Crippen LogP contribution in [0, 0.1) is 0 Å². The van der Waals surface area contributed by atoms with E-state index in [0.717, 1.165) is 55.8 Å². The summed E-state index contributed by atoms with van der Waals surface area (Å²) in [6.45, 7) is 3.04. The zero-order valence-corrected chi connectivity index (χ0v) is 15.3. The molecule has 2 aliphatic heterocycles. The highest BCUT2D eigenvalue weighted by Gasteiger charge is 2.29. The van der Waals surface area contributed by atoms with Crippen LogP contribution in [0.3, 0.4) is 0 Å². The van der Waals surface area contributed by atoms with Crippen molar-refractivity contribution < 1.29 is 4.79 Å². The fraction of sp³-hybridized carbons (Fsp3) is 0.455. The van der Waals surface area contributed by atoms with Crippen molar-refractivity contribution in [2.75, 3.05) is 24.5 Å². The van der Waals surface area contributed by atoms with E-state index in [9.17, 15) is 4.79 Å². The molecule has 2 fully saturated rings. The number of hydrogen-bond acceptors (Lipinski definition) is 3. The van der Waals surface area contributed by atoms with E-state index in [4.69, 9.17) is 4.98 Å². The van der Waals surface area contributed by atoms with E-state index in [-0.39, 0.29) is 11.9 Å². The molecule has 26 heavy (non-hydrogen) atoms. The van der Waals surface area contributed by atoms with E-state index in [1.54, 1.807) is 0 Å². The number of benzene rings is 1. The van der Waals surface area contributed by atoms with Gasteiger partial charge in [-0.1, -0.05) is 24.3 Å². The maximum absolute atomic E-state index is 13.0. The van der Waals surface area contributed by atoms with Crippen LogP contribution < -0.4 is 4.90 Å². The fourth-order valence-corrected chi connectivity index (χ4v) is 4.17. The molecule has 0 spiro atoms. The summed E-state index contributed by atoms with van der Waals surface area (Å²) in [6.07, 6.45) is 9.09. The second kappa shape index (κ2) is 7.90. The van der Waals surface area contributed by atoms with Crippen molar-refractivity contribution in [2.24, 2.45) is 0 Å². The Morgan fingerprint density at radius 3 is 2.38 bits per heavy atom. The SMILES string of the molecule is O=C(c1ccccc1)N1CCCC[C@H]1c1ccc(N2CCCCC2)nc1. The molecule has 4 rings (SSSR count). The van der Waals surface area contributed by atoms with Gasteiger partial charge in [-0.2, -0.15) is 0 Å². The summed E-state index contributed by atoms with van der Waals surface area (Å²) in [7, 11) is 0. The zero-order valence-electron chi connectivity index (χ0n) is 15.3. The van der Waals surface area contributed by atoms with Gasteiger partial charge < -0.3 is 9.80 Å². The summed E-state index contributed by atoms with van der Waals surface area (Å²) in [6, 6.07) is 14.1. The first kappa shape index (κ1) is 17.1. The van der Waals surface area contributed by atoms with Gasteiger partial charge in [0.15, 0.2) is 0 Å². The van der Waals surface area contributed by atoms with Crippen LogP contribution in [0.4, 0.5) is 5.82 Å². The highest BCUT2D eigenvalue weighted by atomic mass is 16.2. The third kappa shape index (κ3) is 3.59. The number of piperidine rings is 2. The Morgan fingerprint density at radius 2 is 1.65 bits per heavy atom. The van der Waals surface area contributed by atoms with Gasteiger partial charge >= 0.3 is 0 Å². The Balaban J connectivity index is 1.53. The molecule has 0 radical (unpaired) electrons. The molecule has 0 N–H and O–H groups in total. The maximum Gasteiger partial charge on any atom is 0.254 e. The third-order valence-electron chi connectivity index (χ3n) is 5.62. The monoisotopic (exact) mass is 349 g/mol. The van der Waals surface area contributed by atoms with E-state index >= 15 is 0 Å². The molecule has 4 heteroatoms. The van der Waals surface area contributed by atoms with Crippen LogP contribution in [0.5, 0.6) is 0 Å². The van der Waals surface area contributed by atoms with Crippen LogP contribution in [-0.2, 0) is 0 Å². The number of pyridine rings is 1. The van der Waals surface area contributed by atoms with E-state index in [1.807, 2.05) is 41.4 Å². The number of likely N-dealkylation sites (tertiary alicyclic amines) is 1. The summed E-state index contributed by atoms with van der Waals surface area (Å²) in [5.74, 6) is 1.21. The first-order valence-electron chi connectivity index (χ1n) is 9.90. The number of nitrogens with zero attached hydrogens (tertiary/aromatic N) is 3. The predicted octanol–water partition coefficient (Wildman–Crippen LogP) is 4.44. The molecule has 4 nitrogen and oxygen atoms in total. The molecule has 1 aromatic heterocycles. The van der Waals surface area contributed by atoms with Gasteiger partial charge in [-0.05, 0) is 62.3 Å². The molecule has 2 saturated heterocycles. The van der Waals surface area contributed by atoms with Gasteiger partial charge in [-0.15, -0.1) is 0 Å². The number of rotatable bonds is 3. The van der Waals surface area contributed by atoms with Gasteiger partial charge in [0, 0.05) is 31.4 Å². The summed E-state index contributed by atoms with van der Waals surface area (Å²) in [5, 5.41) is 0. The largest absolute Gasteiger partial charge is 0.357 e. The van der Waals surface area contributed by atoms with Crippen LogP contribution in [0.15, 0.2) is 48.7 Å². The number of aromatic nitrogens is 1. The Morgan fingerprint density at radius 1 is 0.885 bits per heavy atom. The van der Waals surface area contributed by atoms with Crippen LogP contribution in [-0.4, -0.2) is 35.4 Å². The second-order valence-corrected chi connectivity index (χ2v) is 7.37. The molecule has 1 atom stereocenters. The van der Waals surface area contributed by atoms with Crippen molar-refractivity contribution in [3.8, 4) is 0 Å². The molecule has 0 unspecified atom stereocenters. The first-order chi connectivity index (χ1) is 12.8. The van der Waals surface area contributed by atoms with Crippen molar-refractivity contribution in [1.82, 2.24) is 9.88 Å². The van der Waals surface area contributed by atoms with E-state index in [0.29, 0.717) is 0 Å².